The van der Waals surface area contributed by atoms with Crippen molar-refractivity contribution in [2.24, 2.45) is 0 Å². The molecule has 138 valence electrons. The molecule has 0 unspecified atom stereocenters. The van der Waals surface area contributed by atoms with Crippen LogP contribution in [0.25, 0.3) is 11.0 Å². The SMILES string of the molecule is O=C(Oc1ccc2c(Cc3ccccc3)noc2c1)c1ccc2c(c1)OCO2. The number of benzene rings is 3. The fourth-order valence-corrected chi connectivity index (χ4v) is 3.14. The molecule has 4 aromatic rings. The van der Waals surface area contributed by atoms with E-state index in [1.54, 1.807) is 30.3 Å². The molecule has 0 N–H and O–H groups in total. The Hall–Kier alpha value is -3.80. The van der Waals surface area contributed by atoms with E-state index in [4.69, 9.17) is 18.7 Å². The van der Waals surface area contributed by atoms with E-state index >= 15 is 0 Å². The molecule has 1 aliphatic heterocycles. The Kier molecular flexibility index (Phi) is 3.94. The zero-order valence-corrected chi connectivity index (χ0v) is 14.8. The highest BCUT2D eigenvalue weighted by molar-refractivity contribution is 5.92. The third-order valence-electron chi connectivity index (χ3n) is 4.55. The third-order valence-corrected chi connectivity index (χ3v) is 4.55. The number of esters is 1. The lowest BCUT2D eigenvalue weighted by molar-refractivity contribution is 0.0734. The predicted molar refractivity (Wildman–Crippen MR) is 101 cm³/mol. The van der Waals surface area contributed by atoms with Crippen LogP contribution in [0, 0.1) is 0 Å². The number of carbonyl (C=O) groups excluding carboxylic acids is 1. The first-order valence-electron chi connectivity index (χ1n) is 8.80. The molecule has 0 saturated carbocycles. The Labute approximate surface area is 160 Å². The summed E-state index contributed by atoms with van der Waals surface area (Å²) in [4.78, 5) is 12.4. The molecule has 0 aliphatic carbocycles. The van der Waals surface area contributed by atoms with Gasteiger partial charge in [-0.2, -0.15) is 0 Å². The summed E-state index contributed by atoms with van der Waals surface area (Å²) in [6, 6.07) is 20.2. The summed E-state index contributed by atoms with van der Waals surface area (Å²) in [6.45, 7) is 0.154. The molecule has 2 heterocycles. The second-order valence-corrected chi connectivity index (χ2v) is 6.41. The molecule has 28 heavy (non-hydrogen) atoms. The second-order valence-electron chi connectivity index (χ2n) is 6.41. The van der Waals surface area contributed by atoms with Crippen molar-refractivity contribution in [2.45, 2.75) is 6.42 Å². The van der Waals surface area contributed by atoms with Crippen molar-refractivity contribution < 1.29 is 23.5 Å². The van der Waals surface area contributed by atoms with Crippen molar-refractivity contribution in [3.63, 3.8) is 0 Å². The van der Waals surface area contributed by atoms with Gasteiger partial charge in [0.1, 0.15) is 5.75 Å². The number of hydrogen-bond acceptors (Lipinski definition) is 6. The Morgan fingerprint density at radius 1 is 0.964 bits per heavy atom. The van der Waals surface area contributed by atoms with E-state index in [1.165, 1.54) is 0 Å². The van der Waals surface area contributed by atoms with Gasteiger partial charge in [-0.25, -0.2) is 4.79 Å². The van der Waals surface area contributed by atoms with Gasteiger partial charge < -0.3 is 18.7 Å². The van der Waals surface area contributed by atoms with E-state index < -0.39 is 5.97 Å². The summed E-state index contributed by atoms with van der Waals surface area (Å²) < 4.78 is 21.5. The molecule has 0 atom stereocenters. The highest BCUT2D eigenvalue weighted by Crippen LogP contribution is 2.33. The maximum absolute atomic E-state index is 12.4. The van der Waals surface area contributed by atoms with Crippen LogP contribution >= 0.6 is 0 Å². The topological polar surface area (TPSA) is 70.8 Å². The smallest absolute Gasteiger partial charge is 0.343 e. The lowest BCUT2D eigenvalue weighted by Gasteiger charge is -2.05. The quantitative estimate of drug-likeness (QED) is 0.391. The van der Waals surface area contributed by atoms with Crippen molar-refractivity contribution in [3.8, 4) is 17.2 Å². The fourth-order valence-electron chi connectivity index (χ4n) is 3.14. The van der Waals surface area contributed by atoms with E-state index in [-0.39, 0.29) is 6.79 Å². The van der Waals surface area contributed by atoms with Gasteiger partial charge in [0, 0.05) is 17.9 Å². The average Bonchev–Trinajstić information content (AvgIpc) is 3.35. The van der Waals surface area contributed by atoms with Gasteiger partial charge in [0.05, 0.1) is 11.3 Å². The molecule has 1 aromatic heterocycles. The van der Waals surface area contributed by atoms with Crippen molar-refractivity contribution in [3.05, 3.63) is 83.6 Å². The van der Waals surface area contributed by atoms with Crippen LogP contribution < -0.4 is 14.2 Å². The van der Waals surface area contributed by atoms with Crippen LogP contribution in [0.2, 0.25) is 0 Å². The molecular weight excluding hydrogens is 358 g/mol. The first kappa shape index (κ1) is 16.4. The monoisotopic (exact) mass is 373 g/mol. The van der Waals surface area contributed by atoms with Crippen LogP contribution in [0.3, 0.4) is 0 Å². The van der Waals surface area contributed by atoms with Crippen LogP contribution in [0.15, 0.2) is 71.3 Å². The van der Waals surface area contributed by atoms with E-state index in [2.05, 4.69) is 5.16 Å². The van der Waals surface area contributed by atoms with E-state index in [0.29, 0.717) is 34.8 Å². The second kappa shape index (κ2) is 6.74. The Morgan fingerprint density at radius 3 is 2.71 bits per heavy atom. The minimum atomic E-state index is -0.485. The number of rotatable bonds is 4. The molecule has 0 spiro atoms. The molecule has 1 aliphatic rings. The maximum Gasteiger partial charge on any atom is 0.343 e. The summed E-state index contributed by atoms with van der Waals surface area (Å²) in [7, 11) is 0. The van der Waals surface area contributed by atoms with Crippen LogP contribution in [-0.4, -0.2) is 17.9 Å². The molecule has 6 heteroatoms. The van der Waals surface area contributed by atoms with E-state index in [1.807, 2.05) is 36.4 Å². The summed E-state index contributed by atoms with van der Waals surface area (Å²) in [5.74, 6) is 1.05. The summed E-state index contributed by atoms with van der Waals surface area (Å²) >= 11 is 0. The molecular formula is C22H15NO5. The summed E-state index contributed by atoms with van der Waals surface area (Å²) in [6.07, 6.45) is 0.671. The molecule has 0 radical (unpaired) electrons. The molecule has 6 nitrogen and oxygen atoms in total. The number of fused-ring (bicyclic) bond motifs is 2. The standard InChI is InChI=1S/C22H15NO5/c24-22(15-6-9-19-21(11-15)26-13-25-19)27-16-7-8-17-18(23-28-20(17)12-16)10-14-4-2-1-3-5-14/h1-9,11-12H,10,13H2. The van der Waals surface area contributed by atoms with Gasteiger partial charge in [-0.1, -0.05) is 35.5 Å². The van der Waals surface area contributed by atoms with E-state index in [0.717, 1.165) is 16.6 Å². The average molecular weight is 373 g/mol. The van der Waals surface area contributed by atoms with Crippen molar-refractivity contribution in [2.75, 3.05) is 6.79 Å². The Balaban J connectivity index is 1.36. The van der Waals surface area contributed by atoms with E-state index in [9.17, 15) is 4.79 Å². The van der Waals surface area contributed by atoms with Crippen LogP contribution in [0.4, 0.5) is 0 Å². The van der Waals surface area contributed by atoms with Crippen molar-refractivity contribution in [1.29, 1.82) is 0 Å². The predicted octanol–water partition coefficient (Wildman–Crippen LogP) is 4.37. The number of ether oxygens (including phenoxy) is 3. The van der Waals surface area contributed by atoms with Crippen LogP contribution in [-0.2, 0) is 6.42 Å². The molecule has 0 saturated heterocycles. The normalized spacial score (nSPS) is 12.3. The van der Waals surface area contributed by atoms with Gasteiger partial charge in [0.15, 0.2) is 17.1 Å². The maximum atomic E-state index is 12.4. The molecule has 5 rings (SSSR count). The zero-order valence-electron chi connectivity index (χ0n) is 14.8. The first-order chi connectivity index (χ1) is 13.8. The Morgan fingerprint density at radius 2 is 1.82 bits per heavy atom. The lowest BCUT2D eigenvalue weighted by atomic mass is 10.1. The first-order valence-corrected chi connectivity index (χ1v) is 8.80. The largest absolute Gasteiger partial charge is 0.454 e. The number of nitrogens with zero attached hydrogens (tertiary/aromatic N) is 1. The molecule has 0 bridgehead atoms. The minimum absolute atomic E-state index is 0.154. The highest BCUT2D eigenvalue weighted by atomic mass is 16.7. The molecule has 3 aromatic carbocycles. The number of carbonyl (C=O) groups is 1. The van der Waals surface area contributed by atoms with Crippen LogP contribution in [0.5, 0.6) is 17.2 Å². The van der Waals surface area contributed by atoms with Gasteiger partial charge in [-0.15, -0.1) is 0 Å². The van der Waals surface area contributed by atoms with Gasteiger partial charge in [-0.3, -0.25) is 0 Å². The van der Waals surface area contributed by atoms with Gasteiger partial charge in [-0.05, 0) is 35.9 Å². The molecule has 0 fully saturated rings. The Bertz CT molecular complexity index is 1170. The third kappa shape index (κ3) is 3.05. The number of aromatic nitrogens is 1. The summed E-state index contributed by atoms with van der Waals surface area (Å²) in [5.41, 5.74) is 2.94. The number of hydrogen-bond donors (Lipinski definition) is 0. The van der Waals surface area contributed by atoms with Gasteiger partial charge in [0.2, 0.25) is 6.79 Å². The van der Waals surface area contributed by atoms with Crippen LogP contribution in [0.1, 0.15) is 21.6 Å². The zero-order chi connectivity index (χ0) is 18.9. The minimum Gasteiger partial charge on any atom is -0.454 e. The van der Waals surface area contributed by atoms with Gasteiger partial charge in [0.25, 0.3) is 0 Å². The van der Waals surface area contributed by atoms with Gasteiger partial charge >= 0.3 is 5.97 Å². The molecule has 0 amide bonds. The fraction of sp³-hybridized carbons (Fsp3) is 0.0909. The van der Waals surface area contributed by atoms with Crippen molar-refractivity contribution in [1.82, 2.24) is 5.16 Å². The van der Waals surface area contributed by atoms with Crippen molar-refractivity contribution >= 4 is 16.9 Å². The highest BCUT2D eigenvalue weighted by Gasteiger charge is 2.18. The summed E-state index contributed by atoms with van der Waals surface area (Å²) in [5, 5.41) is 5.06. The lowest BCUT2D eigenvalue weighted by Crippen LogP contribution is -2.08.